The molecule has 2 N–H and O–H groups in total. The summed E-state index contributed by atoms with van der Waals surface area (Å²) in [7, 11) is 3.82. The number of benzene rings is 2. The van der Waals surface area contributed by atoms with Crippen molar-refractivity contribution in [3.8, 4) is 11.5 Å². The van der Waals surface area contributed by atoms with Crippen LogP contribution < -0.4 is 10.1 Å². The standard InChI is InChI=1S/C18H22F2N2O2/c1-22(2)12-16(23)11-21-10-13-3-5-17(6-4-13)24-18-8-14(19)7-15(20)9-18/h3-9,16,21,23H,10-12H2,1-2H3. The monoisotopic (exact) mass is 336 g/mol. The third-order valence-corrected chi connectivity index (χ3v) is 3.28. The highest BCUT2D eigenvalue weighted by molar-refractivity contribution is 5.33. The number of nitrogens with zero attached hydrogens (tertiary/aromatic N) is 1. The first-order valence-corrected chi connectivity index (χ1v) is 7.69. The van der Waals surface area contributed by atoms with Crippen molar-refractivity contribution in [3.05, 3.63) is 59.7 Å². The van der Waals surface area contributed by atoms with E-state index in [9.17, 15) is 13.9 Å². The van der Waals surface area contributed by atoms with E-state index in [4.69, 9.17) is 4.74 Å². The minimum Gasteiger partial charge on any atom is -0.457 e. The SMILES string of the molecule is CN(C)CC(O)CNCc1ccc(Oc2cc(F)cc(F)c2)cc1. The number of likely N-dealkylation sites (N-methyl/N-ethyl adjacent to an activating group) is 1. The molecule has 24 heavy (non-hydrogen) atoms. The lowest BCUT2D eigenvalue weighted by Gasteiger charge is -2.16. The van der Waals surface area contributed by atoms with E-state index in [1.165, 1.54) is 0 Å². The zero-order valence-electron chi connectivity index (χ0n) is 13.8. The average molecular weight is 336 g/mol. The van der Waals surface area contributed by atoms with Gasteiger partial charge in [-0.05, 0) is 31.8 Å². The fraction of sp³-hybridized carbons (Fsp3) is 0.333. The van der Waals surface area contributed by atoms with Crippen LogP contribution in [0.15, 0.2) is 42.5 Å². The predicted octanol–water partition coefficient (Wildman–Crippen LogP) is 2.77. The van der Waals surface area contributed by atoms with Crippen molar-refractivity contribution in [1.82, 2.24) is 10.2 Å². The molecule has 1 unspecified atom stereocenters. The van der Waals surface area contributed by atoms with Gasteiger partial charge in [-0.3, -0.25) is 0 Å². The summed E-state index contributed by atoms with van der Waals surface area (Å²) in [5.74, 6) is -0.745. The third-order valence-electron chi connectivity index (χ3n) is 3.28. The van der Waals surface area contributed by atoms with Crippen LogP contribution in [0.4, 0.5) is 8.78 Å². The van der Waals surface area contributed by atoms with Crippen molar-refractivity contribution in [2.24, 2.45) is 0 Å². The highest BCUT2D eigenvalue weighted by Crippen LogP contribution is 2.23. The molecule has 0 aliphatic rings. The molecule has 2 aromatic carbocycles. The number of nitrogens with one attached hydrogen (secondary N) is 1. The first kappa shape index (κ1) is 18.3. The van der Waals surface area contributed by atoms with E-state index in [2.05, 4.69) is 5.32 Å². The molecule has 0 saturated heterocycles. The molecule has 2 rings (SSSR count). The van der Waals surface area contributed by atoms with Gasteiger partial charge in [0.25, 0.3) is 0 Å². The predicted molar refractivity (Wildman–Crippen MR) is 89.1 cm³/mol. The Morgan fingerprint density at radius 2 is 1.67 bits per heavy atom. The molecule has 0 fully saturated rings. The molecule has 130 valence electrons. The molecule has 2 aromatic rings. The third kappa shape index (κ3) is 6.23. The Labute approximate surface area is 140 Å². The second-order valence-electron chi connectivity index (χ2n) is 5.90. The first-order chi connectivity index (χ1) is 11.4. The lowest BCUT2D eigenvalue weighted by Crippen LogP contribution is -2.34. The molecular formula is C18H22F2N2O2. The Morgan fingerprint density at radius 3 is 2.25 bits per heavy atom. The van der Waals surface area contributed by atoms with Crippen LogP contribution >= 0.6 is 0 Å². The summed E-state index contributed by atoms with van der Waals surface area (Å²) in [5.41, 5.74) is 1.02. The van der Waals surface area contributed by atoms with Gasteiger partial charge in [0.05, 0.1) is 6.10 Å². The molecule has 6 heteroatoms. The van der Waals surface area contributed by atoms with E-state index >= 15 is 0 Å². The van der Waals surface area contributed by atoms with Gasteiger partial charge in [0.1, 0.15) is 23.1 Å². The zero-order chi connectivity index (χ0) is 17.5. The van der Waals surface area contributed by atoms with Crippen LogP contribution in [0.1, 0.15) is 5.56 Å². The van der Waals surface area contributed by atoms with Crippen molar-refractivity contribution in [3.63, 3.8) is 0 Å². The molecule has 0 aliphatic carbocycles. The van der Waals surface area contributed by atoms with Gasteiger partial charge in [-0.25, -0.2) is 8.78 Å². The number of rotatable bonds is 8. The van der Waals surface area contributed by atoms with Gasteiger partial charge in [0.15, 0.2) is 0 Å². The first-order valence-electron chi connectivity index (χ1n) is 7.69. The molecule has 0 aliphatic heterocycles. The van der Waals surface area contributed by atoms with E-state index in [0.29, 0.717) is 25.4 Å². The van der Waals surface area contributed by atoms with Gasteiger partial charge in [0, 0.05) is 37.8 Å². The van der Waals surface area contributed by atoms with Gasteiger partial charge in [-0.1, -0.05) is 12.1 Å². The highest BCUT2D eigenvalue weighted by Gasteiger charge is 2.06. The van der Waals surface area contributed by atoms with E-state index in [-0.39, 0.29) is 5.75 Å². The van der Waals surface area contributed by atoms with E-state index in [1.54, 1.807) is 12.1 Å². The molecule has 0 heterocycles. The summed E-state index contributed by atoms with van der Waals surface area (Å²) >= 11 is 0. The summed E-state index contributed by atoms with van der Waals surface area (Å²) in [4.78, 5) is 1.92. The number of hydrogen-bond acceptors (Lipinski definition) is 4. The van der Waals surface area contributed by atoms with E-state index < -0.39 is 17.7 Å². The molecule has 0 amide bonds. The van der Waals surface area contributed by atoms with Crippen LogP contribution in [0.25, 0.3) is 0 Å². The van der Waals surface area contributed by atoms with Crippen LogP contribution in [-0.2, 0) is 6.54 Å². The van der Waals surface area contributed by atoms with Crippen molar-refractivity contribution in [1.29, 1.82) is 0 Å². The second-order valence-corrected chi connectivity index (χ2v) is 5.90. The number of aliphatic hydroxyl groups excluding tert-OH is 1. The Hall–Kier alpha value is -2.02. The Balaban J connectivity index is 1.84. The van der Waals surface area contributed by atoms with Crippen LogP contribution in [0.3, 0.4) is 0 Å². The molecular weight excluding hydrogens is 314 g/mol. The summed E-state index contributed by atoms with van der Waals surface area (Å²) in [6.07, 6.45) is -0.425. The number of ether oxygens (including phenoxy) is 1. The van der Waals surface area contributed by atoms with Crippen molar-refractivity contribution in [2.45, 2.75) is 12.6 Å². The van der Waals surface area contributed by atoms with Crippen LogP contribution in [0.2, 0.25) is 0 Å². The lowest BCUT2D eigenvalue weighted by atomic mass is 10.2. The van der Waals surface area contributed by atoms with Gasteiger partial charge in [0.2, 0.25) is 0 Å². The largest absolute Gasteiger partial charge is 0.457 e. The molecule has 1 atom stereocenters. The molecule has 0 radical (unpaired) electrons. The number of halogens is 2. The minimum absolute atomic E-state index is 0.116. The maximum atomic E-state index is 13.1. The normalized spacial score (nSPS) is 12.4. The van der Waals surface area contributed by atoms with Crippen LogP contribution in [0.5, 0.6) is 11.5 Å². The molecule has 0 saturated carbocycles. The Kier molecular flexibility index (Phi) is 6.66. The topological polar surface area (TPSA) is 44.7 Å². The highest BCUT2D eigenvalue weighted by atomic mass is 19.1. The Morgan fingerprint density at radius 1 is 1.04 bits per heavy atom. The fourth-order valence-electron chi connectivity index (χ4n) is 2.27. The van der Waals surface area contributed by atoms with Crippen LogP contribution in [0, 0.1) is 11.6 Å². The fourth-order valence-corrected chi connectivity index (χ4v) is 2.27. The van der Waals surface area contributed by atoms with Gasteiger partial charge < -0.3 is 20.1 Å². The quantitative estimate of drug-likeness (QED) is 0.778. The minimum atomic E-state index is -0.679. The molecule has 0 spiro atoms. The summed E-state index contributed by atoms with van der Waals surface area (Å²) in [6.45, 7) is 1.71. The summed E-state index contributed by atoms with van der Waals surface area (Å²) < 4.78 is 31.7. The van der Waals surface area contributed by atoms with Crippen LogP contribution in [-0.4, -0.2) is 43.3 Å². The zero-order valence-corrected chi connectivity index (χ0v) is 13.8. The number of hydrogen-bond donors (Lipinski definition) is 2. The maximum absolute atomic E-state index is 13.1. The van der Waals surface area contributed by atoms with Gasteiger partial charge in [-0.2, -0.15) is 0 Å². The van der Waals surface area contributed by atoms with Crippen molar-refractivity contribution >= 4 is 0 Å². The average Bonchev–Trinajstić information content (AvgIpc) is 2.47. The lowest BCUT2D eigenvalue weighted by molar-refractivity contribution is 0.134. The van der Waals surface area contributed by atoms with Crippen molar-refractivity contribution in [2.75, 3.05) is 27.2 Å². The summed E-state index contributed by atoms with van der Waals surface area (Å²) in [5, 5.41) is 12.9. The number of aliphatic hydroxyl groups is 1. The maximum Gasteiger partial charge on any atom is 0.133 e. The Bertz CT molecular complexity index is 628. The van der Waals surface area contributed by atoms with Crippen molar-refractivity contribution < 1.29 is 18.6 Å². The second kappa shape index (κ2) is 8.73. The molecule has 0 aromatic heterocycles. The smallest absolute Gasteiger partial charge is 0.133 e. The molecule has 4 nitrogen and oxygen atoms in total. The van der Waals surface area contributed by atoms with Gasteiger partial charge in [-0.15, -0.1) is 0 Å². The van der Waals surface area contributed by atoms with Gasteiger partial charge >= 0.3 is 0 Å². The van der Waals surface area contributed by atoms with E-state index in [0.717, 1.165) is 23.8 Å². The van der Waals surface area contributed by atoms with E-state index in [1.807, 2.05) is 31.1 Å². The molecule has 0 bridgehead atoms. The summed E-state index contributed by atoms with van der Waals surface area (Å²) in [6, 6.07) is 10.2.